The second kappa shape index (κ2) is 3.55. The van der Waals surface area contributed by atoms with Crippen LogP contribution in [0.25, 0.3) is 0 Å². The first-order chi connectivity index (χ1) is 5.24. The van der Waals surface area contributed by atoms with Crippen LogP contribution in [0.15, 0.2) is 18.2 Å². The molecule has 60 valence electrons. The molecule has 0 aliphatic carbocycles. The molecule has 1 aromatic rings. The van der Waals surface area contributed by atoms with Gasteiger partial charge in [0.15, 0.2) is 11.6 Å². The molecule has 0 aliphatic rings. The van der Waals surface area contributed by atoms with E-state index < -0.39 is 5.82 Å². The fraction of sp³-hybridized carbons (Fsp3) is 0.143. The zero-order valence-electron chi connectivity index (χ0n) is 5.90. The van der Waals surface area contributed by atoms with E-state index in [9.17, 15) is 4.39 Å². The third-order valence-corrected chi connectivity index (χ3v) is 1.34. The van der Waals surface area contributed by atoms with E-state index in [0.717, 1.165) is 0 Å². The molecule has 1 aromatic carbocycles. The molecule has 0 aliphatic heterocycles. The molecule has 0 unspecified atom stereocenters. The van der Waals surface area contributed by atoms with E-state index in [2.05, 4.69) is 5.48 Å². The van der Waals surface area contributed by atoms with E-state index in [1.807, 2.05) is 0 Å². The Hall–Kier alpha value is -0.800. The maximum Gasteiger partial charge on any atom is 0.182 e. The van der Waals surface area contributed by atoms with E-state index in [1.54, 1.807) is 13.1 Å². The summed E-state index contributed by atoms with van der Waals surface area (Å²) in [6.45, 7) is 0. The van der Waals surface area contributed by atoms with Crippen molar-refractivity contribution in [2.24, 2.45) is 0 Å². The average molecular weight is 176 g/mol. The SMILES string of the molecule is CNOc1ccc(Cl)cc1F. The van der Waals surface area contributed by atoms with Crippen molar-refractivity contribution in [2.75, 3.05) is 7.05 Å². The number of rotatable bonds is 2. The van der Waals surface area contributed by atoms with Crippen molar-refractivity contribution in [1.29, 1.82) is 0 Å². The monoisotopic (exact) mass is 175 g/mol. The minimum absolute atomic E-state index is 0.136. The Balaban J connectivity index is 2.90. The van der Waals surface area contributed by atoms with Gasteiger partial charge in [-0.1, -0.05) is 11.6 Å². The molecule has 0 atom stereocenters. The lowest BCUT2D eigenvalue weighted by atomic mass is 10.3. The molecule has 0 amide bonds. The van der Waals surface area contributed by atoms with Crippen LogP contribution < -0.4 is 10.3 Å². The molecule has 11 heavy (non-hydrogen) atoms. The standard InChI is InChI=1S/C7H7ClFNO/c1-10-11-7-3-2-5(8)4-6(7)9/h2-4,10H,1H3. The highest BCUT2D eigenvalue weighted by Crippen LogP contribution is 2.19. The molecular weight excluding hydrogens is 169 g/mol. The first-order valence-corrected chi connectivity index (χ1v) is 3.40. The molecule has 0 bridgehead atoms. The highest BCUT2D eigenvalue weighted by molar-refractivity contribution is 6.30. The topological polar surface area (TPSA) is 21.3 Å². The van der Waals surface area contributed by atoms with Crippen molar-refractivity contribution in [3.63, 3.8) is 0 Å². The van der Waals surface area contributed by atoms with E-state index in [4.69, 9.17) is 16.4 Å². The van der Waals surface area contributed by atoms with E-state index >= 15 is 0 Å². The quantitative estimate of drug-likeness (QED) is 0.695. The molecule has 0 spiro atoms. The van der Waals surface area contributed by atoms with Crippen molar-refractivity contribution in [1.82, 2.24) is 5.48 Å². The van der Waals surface area contributed by atoms with Crippen molar-refractivity contribution in [2.45, 2.75) is 0 Å². The van der Waals surface area contributed by atoms with Crippen LogP contribution in [0.2, 0.25) is 5.02 Å². The number of hydrogen-bond donors (Lipinski definition) is 1. The summed E-state index contributed by atoms with van der Waals surface area (Å²) in [7, 11) is 1.55. The largest absolute Gasteiger partial charge is 0.406 e. The Bertz CT molecular complexity index is 254. The lowest BCUT2D eigenvalue weighted by Crippen LogP contribution is -2.11. The van der Waals surface area contributed by atoms with E-state index in [-0.39, 0.29) is 5.75 Å². The Morgan fingerprint density at radius 2 is 2.27 bits per heavy atom. The van der Waals surface area contributed by atoms with Gasteiger partial charge < -0.3 is 4.84 Å². The van der Waals surface area contributed by atoms with Gasteiger partial charge in [-0.3, -0.25) is 0 Å². The molecule has 0 aromatic heterocycles. The second-order valence-corrected chi connectivity index (χ2v) is 2.32. The predicted octanol–water partition coefficient (Wildman–Crippen LogP) is 1.99. The van der Waals surface area contributed by atoms with Crippen LogP contribution >= 0.6 is 11.6 Å². The number of hydroxylamine groups is 1. The third kappa shape index (κ3) is 2.06. The van der Waals surface area contributed by atoms with Crippen LogP contribution in [0.3, 0.4) is 0 Å². The van der Waals surface area contributed by atoms with Crippen LogP contribution in [0.5, 0.6) is 5.75 Å². The first kappa shape index (κ1) is 8.30. The summed E-state index contributed by atoms with van der Waals surface area (Å²) in [4.78, 5) is 4.71. The maximum absolute atomic E-state index is 12.8. The minimum Gasteiger partial charge on any atom is -0.406 e. The molecular formula is C7H7ClFNO. The molecule has 1 rings (SSSR count). The van der Waals surface area contributed by atoms with Gasteiger partial charge in [0.2, 0.25) is 0 Å². The summed E-state index contributed by atoms with van der Waals surface area (Å²) in [5.41, 5.74) is 2.36. The zero-order valence-corrected chi connectivity index (χ0v) is 6.65. The van der Waals surface area contributed by atoms with E-state index in [0.29, 0.717) is 5.02 Å². The zero-order chi connectivity index (χ0) is 8.27. The molecule has 0 saturated heterocycles. The molecule has 0 heterocycles. The summed E-state index contributed by atoms with van der Waals surface area (Å²) in [5.74, 6) is -0.344. The van der Waals surface area contributed by atoms with Gasteiger partial charge in [-0.15, -0.1) is 0 Å². The normalized spacial score (nSPS) is 9.73. The summed E-state index contributed by atoms with van der Waals surface area (Å²) >= 11 is 5.50. The second-order valence-electron chi connectivity index (χ2n) is 1.88. The van der Waals surface area contributed by atoms with Crippen molar-refractivity contribution in [3.05, 3.63) is 29.0 Å². The molecule has 0 saturated carbocycles. The van der Waals surface area contributed by atoms with Crippen molar-refractivity contribution < 1.29 is 9.23 Å². The summed E-state index contributed by atoms with van der Waals surface area (Å²) in [5, 5.41) is 0.353. The summed E-state index contributed by atoms with van der Waals surface area (Å²) in [6, 6.07) is 4.19. The molecule has 1 N–H and O–H groups in total. The molecule has 2 nitrogen and oxygen atoms in total. The van der Waals surface area contributed by atoms with Crippen LogP contribution in [0.4, 0.5) is 4.39 Å². The molecule has 4 heteroatoms. The van der Waals surface area contributed by atoms with Gasteiger partial charge in [-0.05, 0) is 18.2 Å². The van der Waals surface area contributed by atoms with Gasteiger partial charge in [0.1, 0.15) is 0 Å². The van der Waals surface area contributed by atoms with Gasteiger partial charge in [-0.2, -0.15) is 5.48 Å². The highest BCUT2D eigenvalue weighted by atomic mass is 35.5. The number of halogens is 2. The van der Waals surface area contributed by atoms with Gasteiger partial charge >= 0.3 is 0 Å². The van der Waals surface area contributed by atoms with Gasteiger partial charge in [0, 0.05) is 12.1 Å². The molecule has 0 fully saturated rings. The highest BCUT2D eigenvalue weighted by Gasteiger charge is 2.02. The summed E-state index contributed by atoms with van der Waals surface area (Å²) < 4.78 is 12.8. The van der Waals surface area contributed by atoms with Gasteiger partial charge in [0.25, 0.3) is 0 Å². The predicted molar refractivity (Wildman–Crippen MR) is 41.1 cm³/mol. The van der Waals surface area contributed by atoms with Crippen LogP contribution in [0, 0.1) is 5.82 Å². The van der Waals surface area contributed by atoms with Gasteiger partial charge in [0.05, 0.1) is 0 Å². The lowest BCUT2D eigenvalue weighted by Gasteiger charge is -2.02. The lowest BCUT2D eigenvalue weighted by molar-refractivity contribution is 0.213. The third-order valence-electron chi connectivity index (χ3n) is 1.11. The Morgan fingerprint density at radius 1 is 1.55 bits per heavy atom. The molecule has 0 radical (unpaired) electrons. The fourth-order valence-corrected chi connectivity index (χ4v) is 0.827. The van der Waals surface area contributed by atoms with Gasteiger partial charge in [-0.25, -0.2) is 4.39 Å². The fourth-order valence-electron chi connectivity index (χ4n) is 0.668. The van der Waals surface area contributed by atoms with Crippen LogP contribution in [0.1, 0.15) is 0 Å². The summed E-state index contributed by atoms with van der Waals surface area (Å²) in [6.07, 6.45) is 0. The van der Waals surface area contributed by atoms with Crippen LogP contribution in [-0.2, 0) is 0 Å². The average Bonchev–Trinajstić information content (AvgIpc) is 1.95. The van der Waals surface area contributed by atoms with Crippen molar-refractivity contribution in [3.8, 4) is 5.75 Å². The Morgan fingerprint density at radius 3 is 2.82 bits per heavy atom. The number of hydrogen-bond acceptors (Lipinski definition) is 2. The first-order valence-electron chi connectivity index (χ1n) is 3.02. The van der Waals surface area contributed by atoms with Crippen molar-refractivity contribution >= 4 is 11.6 Å². The smallest absolute Gasteiger partial charge is 0.182 e. The Labute approximate surface area is 68.9 Å². The number of nitrogens with one attached hydrogen (secondary N) is 1. The van der Waals surface area contributed by atoms with Crippen LogP contribution in [-0.4, -0.2) is 7.05 Å². The Kier molecular flexibility index (Phi) is 2.68. The van der Waals surface area contributed by atoms with E-state index in [1.165, 1.54) is 12.1 Å². The minimum atomic E-state index is -0.480. The maximum atomic E-state index is 12.8. The number of benzene rings is 1.